The van der Waals surface area contributed by atoms with E-state index in [-0.39, 0.29) is 5.91 Å². The minimum atomic E-state index is -0.514. The van der Waals surface area contributed by atoms with Crippen molar-refractivity contribution in [1.82, 2.24) is 0 Å². The van der Waals surface area contributed by atoms with Gasteiger partial charge in [-0.05, 0) is 50.2 Å². The lowest BCUT2D eigenvalue weighted by molar-refractivity contribution is 0.102. The monoisotopic (exact) mass is 298 g/mol. The van der Waals surface area contributed by atoms with Gasteiger partial charge in [-0.25, -0.2) is 4.79 Å². The van der Waals surface area contributed by atoms with Gasteiger partial charge in [-0.15, -0.1) is 0 Å². The lowest BCUT2D eigenvalue weighted by Crippen LogP contribution is -2.14. The van der Waals surface area contributed by atoms with E-state index >= 15 is 0 Å². The number of amides is 2. The molecular weight excluding hydrogens is 280 g/mol. The average molecular weight is 298 g/mol. The number of rotatable bonds is 4. The van der Waals surface area contributed by atoms with Crippen molar-refractivity contribution in [3.8, 4) is 0 Å². The molecule has 0 saturated heterocycles. The summed E-state index contributed by atoms with van der Waals surface area (Å²) in [5.74, 6) is -0.202. The first kappa shape index (κ1) is 15.6. The van der Waals surface area contributed by atoms with Gasteiger partial charge < -0.3 is 10.1 Å². The molecule has 114 valence electrons. The number of ether oxygens (including phenoxy) is 1. The Labute approximate surface area is 129 Å². The van der Waals surface area contributed by atoms with Gasteiger partial charge in [0.25, 0.3) is 5.91 Å². The summed E-state index contributed by atoms with van der Waals surface area (Å²) < 4.78 is 4.78. The fourth-order valence-corrected chi connectivity index (χ4v) is 1.83. The van der Waals surface area contributed by atoms with Crippen LogP contribution in [0.3, 0.4) is 0 Å². The molecule has 2 aromatic rings. The molecule has 0 spiro atoms. The van der Waals surface area contributed by atoms with Crippen molar-refractivity contribution in [2.75, 3.05) is 17.2 Å². The number of hydrogen-bond acceptors (Lipinski definition) is 3. The summed E-state index contributed by atoms with van der Waals surface area (Å²) in [5.41, 5.74) is 2.96. The Morgan fingerprint density at radius 3 is 2.05 bits per heavy atom. The predicted octanol–water partition coefficient (Wildman–Crippen LogP) is 3.82. The van der Waals surface area contributed by atoms with Crippen LogP contribution in [0, 0.1) is 6.92 Å². The first-order valence-corrected chi connectivity index (χ1v) is 7.00. The molecule has 0 heterocycles. The molecule has 0 unspecified atom stereocenters. The first-order valence-electron chi connectivity index (χ1n) is 7.00. The molecule has 2 rings (SSSR count). The summed E-state index contributed by atoms with van der Waals surface area (Å²) in [4.78, 5) is 23.4. The second-order valence-corrected chi connectivity index (χ2v) is 4.74. The van der Waals surface area contributed by atoms with Gasteiger partial charge in [-0.3, -0.25) is 10.1 Å². The summed E-state index contributed by atoms with van der Waals surface area (Å²) in [6, 6.07) is 14.2. The topological polar surface area (TPSA) is 67.4 Å². The number of benzene rings is 2. The third kappa shape index (κ3) is 4.34. The molecule has 5 nitrogen and oxygen atoms in total. The largest absolute Gasteiger partial charge is 0.450 e. The van der Waals surface area contributed by atoms with Gasteiger partial charge in [0, 0.05) is 16.9 Å². The van der Waals surface area contributed by atoms with Gasteiger partial charge in [-0.2, -0.15) is 0 Å². The van der Waals surface area contributed by atoms with Crippen molar-refractivity contribution < 1.29 is 14.3 Å². The van der Waals surface area contributed by atoms with Gasteiger partial charge in [0.1, 0.15) is 0 Å². The number of carbonyl (C=O) groups excluding carboxylic acids is 2. The van der Waals surface area contributed by atoms with E-state index in [2.05, 4.69) is 10.6 Å². The maximum absolute atomic E-state index is 12.1. The van der Waals surface area contributed by atoms with Crippen molar-refractivity contribution >= 4 is 23.4 Å². The number of nitrogens with one attached hydrogen (secondary N) is 2. The smallest absolute Gasteiger partial charge is 0.411 e. The second-order valence-electron chi connectivity index (χ2n) is 4.74. The standard InChI is InChI=1S/C17H18N2O3/c1-3-22-17(21)19-15-10-6-13(7-11-15)16(20)18-14-8-4-12(2)5-9-14/h4-11H,3H2,1-2H3,(H,18,20)(H,19,21). The van der Waals surface area contributed by atoms with Crippen LogP contribution in [0.2, 0.25) is 0 Å². The zero-order valence-electron chi connectivity index (χ0n) is 12.6. The van der Waals surface area contributed by atoms with E-state index in [4.69, 9.17) is 4.74 Å². The molecule has 0 aromatic heterocycles. The van der Waals surface area contributed by atoms with Crippen molar-refractivity contribution in [3.63, 3.8) is 0 Å². The van der Waals surface area contributed by atoms with E-state index in [1.807, 2.05) is 31.2 Å². The number of anilines is 2. The van der Waals surface area contributed by atoms with Crippen LogP contribution in [0.1, 0.15) is 22.8 Å². The van der Waals surface area contributed by atoms with E-state index in [0.717, 1.165) is 11.3 Å². The highest BCUT2D eigenvalue weighted by Gasteiger charge is 2.07. The zero-order chi connectivity index (χ0) is 15.9. The first-order chi connectivity index (χ1) is 10.6. The summed E-state index contributed by atoms with van der Waals surface area (Å²) in [5, 5.41) is 5.39. The van der Waals surface area contributed by atoms with Crippen molar-refractivity contribution in [1.29, 1.82) is 0 Å². The molecule has 0 saturated carbocycles. The Kier molecular flexibility index (Phi) is 5.14. The van der Waals surface area contributed by atoms with Gasteiger partial charge >= 0.3 is 6.09 Å². The molecular formula is C17H18N2O3. The molecule has 0 aliphatic heterocycles. The molecule has 2 aromatic carbocycles. The lowest BCUT2D eigenvalue weighted by atomic mass is 10.2. The van der Waals surface area contributed by atoms with Crippen LogP contribution in [0.4, 0.5) is 16.2 Å². The molecule has 0 radical (unpaired) electrons. The summed E-state index contributed by atoms with van der Waals surface area (Å²) in [6.45, 7) is 4.03. The molecule has 0 atom stereocenters. The van der Waals surface area contributed by atoms with Crippen LogP contribution >= 0.6 is 0 Å². The summed E-state index contributed by atoms with van der Waals surface area (Å²) in [7, 11) is 0. The molecule has 2 amide bonds. The van der Waals surface area contributed by atoms with Crippen LogP contribution in [0.15, 0.2) is 48.5 Å². The van der Waals surface area contributed by atoms with Crippen molar-refractivity contribution in [2.45, 2.75) is 13.8 Å². The Bertz CT molecular complexity index is 649. The van der Waals surface area contributed by atoms with Crippen LogP contribution in [-0.2, 0) is 4.74 Å². The van der Waals surface area contributed by atoms with Crippen LogP contribution in [0.25, 0.3) is 0 Å². The Morgan fingerprint density at radius 2 is 1.45 bits per heavy atom. The van der Waals surface area contributed by atoms with E-state index in [1.54, 1.807) is 31.2 Å². The predicted molar refractivity (Wildman–Crippen MR) is 86.2 cm³/mol. The van der Waals surface area contributed by atoms with Gasteiger partial charge in [0.15, 0.2) is 0 Å². The molecule has 0 aliphatic carbocycles. The molecule has 2 N–H and O–H groups in total. The number of carbonyl (C=O) groups is 2. The average Bonchev–Trinajstić information content (AvgIpc) is 2.50. The summed E-state index contributed by atoms with van der Waals surface area (Å²) in [6.07, 6.45) is -0.514. The quantitative estimate of drug-likeness (QED) is 0.901. The van der Waals surface area contributed by atoms with E-state index in [1.165, 1.54) is 0 Å². The highest BCUT2D eigenvalue weighted by molar-refractivity contribution is 6.04. The van der Waals surface area contributed by atoms with E-state index in [0.29, 0.717) is 17.9 Å². The van der Waals surface area contributed by atoms with Crippen LogP contribution < -0.4 is 10.6 Å². The summed E-state index contributed by atoms with van der Waals surface area (Å²) >= 11 is 0. The minimum absolute atomic E-state index is 0.202. The number of aryl methyl sites for hydroxylation is 1. The fraction of sp³-hybridized carbons (Fsp3) is 0.176. The highest BCUT2D eigenvalue weighted by atomic mass is 16.5. The third-order valence-electron chi connectivity index (χ3n) is 2.98. The van der Waals surface area contributed by atoms with Crippen molar-refractivity contribution in [3.05, 3.63) is 59.7 Å². The third-order valence-corrected chi connectivity index (χ3v) is 2.98. The number of hydrogen-bond donors (Lipinski definition) is 2. The maximum atomic E-state index is 12.1. The molecule has 5 heteroatoms. The molecule has 0 aliphatic rings. The van der Waals surface area contributed by atoms with Gasteiger partial charge in [0.05, 0.1) is 6.61 Å². The van der Waals surface area contributed by atoms with E-state index < -0.39 is 6.09 Å². The minimum Gasteiger partial charge on any atom is -0.450 e. The molecule has 22 heavy (non-hydrogen) atoms. The van der Waals surface area contributed by atoms with Crippen LogP contribution in [0.5, 0.6) is 0 Å². The molecule has 0 bridgehead atoms. The zero-order valence-corrected chi connectivity index (χ0v) is 12.6. The SMILES string of the molecule is CCOC(=O)Nc1ccc(C(=O)Nc2ccc(C)cc2)cc1. The lowest BCUT2D eigenvalue weighted by Gasteiger charge is -2.08. The van der Waals surface area contributed by atoms with E-state index in [9.17, 15) is 9.59 Å². The molecule has 0 fully saturated rings. The fourth-order valence-electron chi connectivity index (χ4n) is 1.83. The Balaban J connectivity index is 1.98. The normalized spacial score (nSPS) is 9.91. The van der Waals surface area contributed by atoms with Crippen molar-refractivity contribution in [2.24, 2.45) is 0 Å². The Hall–Kier alpha value is -2.82. The van der Waals surface area contributed by atoms with Gasteiger partial charge in [0.2, 0.25) is 0 Å². The second kappa shape index (κ2) is 7.26. The van der Waals surface area contributed by atoms with Gasteiger partial charge in [-0.1, -0.05) is 17.7 Å². The highest BCUT2D eigenvalue weighted by Crippen LogP contribution is 2.13. The Morgan fingerprint density at radius 1 is 0.909 bits per heavy atom. The maximum Gasteiger partial charge on any atom is 0.411 e. The van der Waals surface area contributed by atoms with Crippen LogP contribution in [-0.4, -0.2) is 18.6 Å².